The number of hydrogen-bond donors (Lipinski definition) is 1. The molecule has 0 bridgehead atoms. The maximum atomic E-state index is 12.5. The fourth-order valence-corrected chi connectivity index (χ4v) is 3.10. The van der Waals surface area contributed by atoms with Crippen molar-refractivity contribution in [2.75, 3.05) is 13.1 Å². The molecule has 1 atom stereocenters. The van der Waals surface area contributed by atoms with Crippen LogP contribution in [0.4, 0.5) is 0 Å². The number of nitrogens with two attached hydrogens (primary N) is 1. The monoisotopic (exact) mass is 266 g/mol. The molecule has 3 heteroatoms. The molecule has 0 radical (unpaired) electrons. The molecule has 1 saturated carbocycles. The minimum atomic E-state index is 0.267. The Labute approximate surface area is 118 Å². The van der Waals surface area contributed by atoms with Crippen molar-refractivity contribution in [2.45, 2.75) is 58.4 Å². The van der Waals surface area contributed by atoms with E-state index in [1.54, 1.807) is 0 Å². The summed E-state index contributed by atoms with van der Waals surface area (Å²) in [6.45, 7) is 9.45. The van der Waals surface area contributed by atoms with Crippen molar-refractivity contribution in [3.8, 4) is 0 Å². The smallest absolute Gasteiger partial charge is 0.223 e. The summed E-state index contributed by atoms with van der Waals surface area (Å²) in [7, 11) is 0. The SMILES string of the molecule is C=CCN(C(=O)CC(CN)CC(C)C)C1CCCC1. The largest absolute Gasteiger partial charge is 0.336 e. The summed E-state index contributed by atoms with van der Waals surface area (Å²) in [5.74, 6) is 1.19. The van der Waals surface area contributed by atoms with Crippen LogP contribution in [0.5, 0.6) is 0 Å². The Morgan fingerprint density at radius 2 is 2.05 bits per heavy atom. The van der Waals surface area contributed by atoms with E-state index >= 15 is 0 Å². The van der Waals surface area contributed by atoms with E-state index in [1.165, 1.54) is 12.8 Å². The fourth-order valence-electron chi connectivity index (χ4n) is 3.10. The van der Waals surface area contributed by atoms with E-state index in [0.29, 0.717) is 37.4 Å². The molecule has 0 saturated heterocycles. The number of carbonyl (C=O) groups is 1. The van der Waals surface area contributed by atoms with E-state index in [1.807, 2.05) is 11.0 Å². The average Bonchev–Trinajstić information content (AvgIpc) is 2.87. The van der Waals surface area contributed by atoms with Gasteiger partial charge in [-0.15, -0.1) is 6.58 Å². The highest BCUT2D eigenvalue weighted by atomic mass is 16.2. The predicted molar refractivity (Wildman–Crippen MR) is 80.8 cm³/mol. The zero-order valence-electron chi connectivity index (χ0n) is 12.6. The van der Waals surface area contributed by atoms with Gasteiger partial charge in [0.25, 0.3) is 0 Å². The van der Waals surface area contributed by atoms with Crippen LogP contribution in [0.2, 0.25) is 0 Å². The molecule has 0 aromatic heterocycles. The lowest BCUT2D eigenvalue weighted by Gasteiger charge is -2.29. The summed E-state index contributed by atoms with van der Waals surface area (Å²) in [6.07, 6.45) is 8.27. The number of carbonyl (C=O) groups excluding carboxylic acids is 1. The van der Waals surface area contributed by atoms with Crippen molar-refractivity contribution in [2.24, 2.45) is 17.6 Å². The van der Waals surface area contributed by atoms with E-state index in [2.05, 4.69) is 20.4 Å². The van der Waals surface area contributed by atoms with Crippen molar-refractivity contribution < 1.29 is 4.79 Å². The van der Waals surface area contributed by atoms with Crippen LogP contribution in [-0.2, 0) is 4.79 Å². The van der Waals surface area contributed by atoms with Gasteiger partial charge in [0.2, 0.25) is 5.91 Å². The third kappa shape index (κ3) is 5.35. The molecule has 110 valence electrons. The van der Waals surface area contributed by atoms with Crippen LogP contribution in [0.1, 0.15) is 52.4 Å². The van der Waals surface area contributed by atoms with Crippen molar-refractivity contribution in [3.05, 3.63) is 12.7 Å². The maximum Gasteiger partial charge on any atom is 0.223 e. The molecule has 0 aliphatic heterocycles. The molecule has 1 aliphatic carbocycles. The summed E-state index contributed by atoms with van der Waals surface area (Å²) in [5, 5.41) is 0. The lowest BCUT2D eigenvalue weighted by Crippen LogP contribution is -2.40. The summed E-state index contributed by atoms with van der Waals surface area (Å²) in [4.78, 5) is 14.5. The summed E-state index contributed by atoms with van der Waals surface area (Å²) >= 11 is 0. The second kappa shape index (κ2) is 8.36. The molecule has 0 spiro atoms. The Hall–Kier alpha value is -0.830. The fraction of sp³-hybridized carbons (Fsp3) is 0.812. The maximum absolute atomic E-state index is 12.5. The Kier molecular flexibility index (Phi) is 7.14. The van der Waals surface area contributed by atoms with Gasteiger partial charge < -0.3 is 10.6 Å². The van der Waals surface area contributed by atoms with Crippen molar-refractivity contribution >= 4 is 5.91 Å². The van der Waals surface area contributed by atoms with Gasteiger partial charge in [0.1, 0.15) is 0 Å². The molecule has 1 amide bonds. The highest BCUT2D eigenvalue weighted by molar-refractivity contribution is 5.77. The highest BCUT2D eigenvalue weighted by Gasteiger charge is 2.27. The Balaban J connectivity index is 2.57. The zero-order valence-corrected chi connectivity index (χ0v) is 12.6. The summed E-state index contributed by atoms with van der Waals surface area (Å²) in [6, 6.07) is 0.433. The molecule has 1 aliphatic rings. The third-order valence-corrected chi connectivity index (χ3v) is 4.01. The van der Waals surface area contributed by atoms with Crippen molar-refractivity contribution in [1.82, 2.24) is 4.90 Å². The van der Waals surface area contributed by atoms with E-state index in [0.717, 1.165) is 19.3 Å². The summed E-state index contributed by atoms with van der Waals surface area (Å²) < 4.78 is 0. The van der Waals surface area contributed by atoms with Crippen LogP contribution in [0.3, 0.4) is 0 Å². The van der Waals surface area contributed by atoms with Crippen LogP contribution in [0, 0.1) is 11.8 Å². The minimum absolute atomic E-state index is 0.267. The Bertz CT molecular complexity index is 282. The number of nitrogens with zero attached hydrogens (tertiary/aromatic N) is 1. The van der Waals surface area contributed by atoms with E-state index in [9.17, 15) is 4.79 Å². The lowest BCUT2D eigenvalue weighted by atomic mass is 9.93. The first-order valence-corrected chi connectivity index (χ1v) is 7.68. The van der Waals surface area contributed by atoms with Crippen LogP contribution in [0.15, 0.2) is 12.7 Å². The number of rotatable bonds is 8. The van der Waals surface area contributed by atoms with Crippen LogP contribution in [-0.4, -0.2) is 29.9 Å². The van der Waals surface area contributed by atoms with E-state index in [4.69, 9.17) is 5.73 Å². The van der Waals surface area contributed by atoms with Gasteiger partial charge in [-0.1, -0.05) is 32.8 Å². The van der Waals surface area contributed by atoms with Crippen molar-refractivity contribution in [1.29, 1.82) is 0 Å². The van der Waals surface area contributed by atoms with Gasteiger partial charge in [-0.2, -0.15) is 0 Å². The molecular weight excluding hydrogens is 236 g/mol. The average molecular weight is 266 g/mol. The molecule has 1 rings (SSSR count). The van der Waals surface area contributed by atoms with E-state index in [-0.39, 0.29) is 5.91 Å². The Morgan fingerprint density at radius 3 is 2.53 bits per heavy atom. The standard InChI is InChI=1S/C16H30N2O/c1-4-9-18(15-7-5-6-8-15)16(19)11-14(12-17)10-13(2)3/h4,13-15H,1,5-12,17H2,2-3H3. The number of amides is 1. The molecule has 2 N–H and O–H groups in total. The van der Waals surface area contributed by atoms with Crippen LogP contribution < -0.4 is 5.73 Å². The van der Waals surface area contributed by atoms with Crippen molar-refractivity contribution in [3.63, 3.8) is 0 Å². The van der Waals surface area contributed by atoms with Gasteiger partial charge in [0.05, 0.1) is 0 Å². The third-order valence-electron chi connectivity index (χ3n) is 4.01. The van der Waals surface area contributed by atoms with Gasteiger partial charge in [0, 0.05) is 19.0 Å². The van der Waals surface area contributed by atoms with E-state index < -0.39 is 0 Å². The second-order valence-electron chi connectivity index (χ2n) is 6.21. The molecule has 1 fully saturated rings. The summed E-state index contributed by atoms with van der Waals surface area (Å²) in [5.41, 5.74) is 5.81. The molecule has 1 unspecified atom stereocenters. The predicted octanol–water partition coefficient (Wildman–Crippen LogP) is 2.95. The first-order valence-electron chi connectivity index (χ1n) is 7.68. The molecule has 3 nitrogen and oxygen atoms in total. The molecule has 19 heavy (non-hydrogen) atoms. The van der Waals surface area contributed by atoms with Crippen LogP contribution >= 0.6 is 0 Å². The Morgan fingerprint density at radius 1 is 1.42 bits per heavy atom. The first kappa shape index (κ1) is 16.2. The van der Waals surface area contributed by atoms with Gasteiger partial charge in [0.15, 0.2) is 0 Å². The van der Waals surface area contributed by atoms with Gasteiger partial charge in [-0.3, -0.25) is 4.79 Å². The normalized spacial score (nSPS) is 17.7. The zero-order chi connectivity index (χ0) is 14.3. The minimum Gasteiger partial charge on any atom is -0.336 e. The van der Waals surface area contributed by atoms with Gasteiger partial charge in [-0.05, 0) is 37.6 Å². The highest BCUT2D eigenvalue weighted by Crippen LogP contribution is 2.25. The van der Waals surface area contributed by atoms with Gasteiger partial charge in [-0.25, -0.2) is 0 Å². The topological polar surface area (TPSA) is 46.3 Å². The second-order valence-corrected chi connectivity index (χ2v) is 6.21. The molecular formula is C16H30N2O. The lowest BCUT2D eigenvalue weighted by molar-refractivity contribution is -0.133. The first-order chi connectivity index (χ1) is 9.08. The molecule has 0 aromatic rings. The number of hydrogen-bond acceptors (Lipinski definition) is 2. The van der Waals surface area contributed by atoms with Crippen LogP contribution in [0.25, 0.3) is 0 Å². The quantitative estimate of drug-likeness (QED) is 0.687. The molecule has 0 heterocycles. The molecule has 0 aromatic carbocycles. The van der Waals surface area contributed by atoms with Gasteiger partial charge >= 0.3 is 0 Å².